The van der Waals surface area contributed by atoms with Crippen LogP contribution >= 0.6 is 0 Å². The van der Waals surface area contributed by atoms with Gasteiger partial charge in [-0.05, 0) is 11.8 Å². The Morgan fingerprint density at radius 1 is 1.50 bits per heavy atom. The van der Waals surface area contributed by atoms with E-state index in [1.165, 1.54) is 0 Å². The number of aliphatic carboxylic acids is 1. The topological polar surface area (TPSA) is 114 Å². The summed E-state index contributed by atoms with van der Waals surface area (Å²) in [7, 11) is 0. The molecule has 0 amide bonds. The number of hydrogen-bond acceptors (Lipinski definition) is 3. The molecule has 0 bridgehead atoms. The standard InChI is InChI=1S/C10H22N4O2/c1-10(2,3)6-14-9(12)13-5-4-7(11)8(15)16/h7H,4-6,11H2,1-3H3,(H,15,16)(H3,12,13,14)/t7-/m0/s1. The molecule has 0 aliphatic heterocycles. The minimum Gasteiger partial charge on any atom is -0.480 e. The van der Waals surface area contributed by atoms with Crippen LogP contribution in [-0.4, -0.2) is 36.2 Å². The quantitative estimate of drug-likeness (QED) is 0.384. The van der Waals surface area contributed by atoms with Crippen molar-refractivity contribution in [2.24, 2.45) is 21.9 Å². The van der Waals surface area contributed by atoms with E-state index >= 15 is 0 Å². The molecule has 0 aliphatic rings. The first-order valence-electron chi connectivity index (χ1n) is 5.24. The van der Waals surface area contributed by atoms with Gasteiger partial charge in [-0.1, -0.05) is 20.8 Å². The predicted molar refractivity (Wildman–Crippen MR) is 64.2 cm³/mol. The van der Waals surface area contributed by atoms with Crippen LogP contribution in [0.2, 0.25) is 0 Å². The fourth-order valence-electron chi connectivity index (χ4n) is 0.857. The Bertz CT molecular complexity index is 258. The zero-order valence-corrected chi connectivity index (χ0v) is 10.2. The number of guanidine groups is 1. The molecule has 0 unspecified atom stereocenters. The molecule has 0 heterocycles. The van der Waals surface area contributed by atoms with Gasteiger partial charge in [0.15, 0.2) is 5.96 Å². The highest BCUT2D eigenvalue weighted by atomic mass is 16.4. The van der Waals surface area contributed by atoms with Gasteiger partial charge in [-0.15, -0.1) is 0 Å². The second-order valence-corrected chi connectivity index (χ2v) is 4.92. The van der Waals surface area contributed by atoms with Crippen molar-refractivity contribution in [2.45, 2.75) is 33.2 Å². The van der Waals surface area contributed by atoms with Gasteiger partial charge in [0.05, 0.1) is 0 Å². The maximum atomic E-state index is 10.4. The lowest BCUT2D eigenvalue weighted by Crippen LogP contribution is -2.38. The molecule has 6 heteroatoms. The molecule has 0 fully saturated rings. The smallest absolute Gasteiger partial charge is 0.320 e. The number of aliphatic imine (C=N–C) groups is 1. The lowest BCUT2D eigenvalue weighted by Gasteiger charge is -2.15. The normalized spacial score (nSPS) is 14.6. The fourth-order valence-corrected chi connectivity index (χ4v) is 0.857. The molecule has 0 aromatic carbocycles. The number of rotatable bonds is 5. The van der Waals surface area contributed by atoms with Crippen molar-refractivity contribution in [3.63, 3.8) is 0 Å². The van der Waals surface area contributed by atoms with Crippen LogP contribution in [0.4, 0.5) is 0 Å². The average molecular weight is 230 g/mol. The summed E-state index contributed by atoms with van der Waals surface area (Å²) < 4.78 is 0. The van der Waals surface area contributed by atoms with Gasteiger partial charge in [-0.25, -0.2) is 0 Å². The molecule has 0 saturated heterocycles. The molecule has 0 rings (SSSR count). The van der Waals surface area contributed by atoms with Crippen LogP contribution in [0.3, 0.4) is 0 Å². The first-order valence-corrected chi connectivity index (χ1v) is 5.24. The third-order valence-corrected chi connectivity index (χ3v) is 1.80. The first kappa shape index (κ1) is 14.7. The van der Waals surface area contributed by atoms with Gasteiger partial charge in [0.1, 0.15) is 6.04 Å². The Morgan fingerprint density at radius 3 is 2.50 bits per heavy atom. The number of nitrogens with two attached hydrogens (primary N) is 2. The van der Waals surface area contributed by atoms with Gasteiger partial charge in [0.2, 0.25) is 0 Å². The van der Waals surface area contributed by atoms with Gasteiger partial charge in [0, 0.05) is 13.1 Å². The van der Waals surface area contributed by atoms with E-state index in [4.69, 9.17) is 16.6 Å². The van der Waals surface area contributed by atoms with E-state index in [2.05, 4.69) is 31.1 Å². The van der Waals surface area contributed by atoms with Crippen LogP contribution in [0.1, 0.15) is 27.2 Å². The molecule has 0 spiro atoms. The number of nitrogens with one attached hydrogen (secondary N) is 1. The van der Waals surface area contributed by atoms with Crippen LogP contribution in [-0.2, 0) is 4.79 Å². The number of hydrogen-bond donors (Lipinski definition) is 4. The molecule has 0 saturated carbocycles. The molecule has 0 aromatic rings. The van der Waals surface area contributed by atoms with E-state index in [-0.39, 0.29) is 5.41 Å². The second-order valence-electron chi connectivity index (χ2n) is 4.92. The second kappa shape index (κ2) is 6.32. The Kier molecular flexibility index (Phi) is 5.81. The highest BCUT2D eigenvalue weighted by molar-refractivity contribution is 5.78. The minimum absolute atomic E-state index is 0.0871. The van der Waals surface area contributed by atoms with Crippen molar-refractivity contribution in [2.75, 3.05) is 13.1 Å². The Hall–Kier alpha value is -1.30. The molecule has 16 heavy (non-hydrogen) atoms. The monoisotopic (exact) mass is 230 g/mol. The predicted octanol–water partition coefficient (Wildman–Crippen LogP) is -0.261. The largest absolute Gasteiger partial charge is 0.480 e. The number of carboxylic acid groups (broad SMARTS) is 1. The van der Waals surface area contributed by atoms with Gasteiger partial charge in [0.25, 0.3) is 0 Å². The Morgan fingerprint density at radius 2 is 2.06 bits per heavy atom. The number of carbonyl (C=O) groups is 1. The lowest BCUT2D eigenvalue weighted by molar-refractivity contribution is -0.138. The summed E-state index contributed by atoms with van der Waals surface area (Å²) in [6, 6.07) is -0.858. The first-order chi connectivity index (χ1) is 7.22. The summed E-state index contributed by atoms with van der Waals surface area (Å²) in [6.45, 7) is 7.21. The van der Waals surface area contributed by atoms with Gasteiger partial charge < -0.3 is 21.9 Å². The third-order valence-electron chi connectivity index (χ3n) is 1.80. The maximum Gasteiger partial charge on any atom is 0.320 e. The fraction of sp³-hybridized carbons (Fsp3) is 0.800. The van der Waals surface area contributed by atoms with E-state index in [0.717, 1.165) is 0 Å². The van der Waals surface area contributed by atoms with Crippen LogP contribution < -0.4 is 16.8 Å². The van der Waals surface area contributed by atoms with Gasteiger partial charge in [-0.2, -0.15) is 0 Å². The number of nitrogens with zero attached hydrogens (tertiary/aromatic N) is 1. The van der Waals surface area contributed by atoms with Gasteiger partial charge in [-0.3, -0.25) is 9.79 Å². The molecule has 0 radical (unpaired) electrons. The van der Waals surface area contributed by atoms with Gasteiger partial charge >= 0.3 is 5.97 Å². The summed E-state index contributed by atoms with van der Waals surface area (Å²) in [6.07, 6.45) is 0.321. The highest BCUT2D eigenvalue weighted by Gasteiger charge is 2.11. The van der Waals surface area contributed by atoms with E-state index in [0.29, 0.717) is 25.5 Å². The van der Waals surface area contributed by atoms with Crippen LogP contribution in [0.5, 0.6) is 0 Å². The molecule has 6 nitrogen and oxygen atoms in total. The number of carboxylic acids is 1. The molecule has 0 aromatic heterocycles. The molecular weight excluding hydrogens is 208 g/mol. The van der Waals surface area contributed by atoms with Crippen LogP contribution in [0.15, 0.2) is 4.99 Å². The molecule has 94 valence electrons. The molecule has 6 N–H and O–H groups in total. The van der Waals surface area contributed by atoms with Crippen molar-refractivity contribution in [3.05, 3.63) is 0 Å². The zero-order valence-electron chi connectivity index (χ0n) is 10.2. The van der Waals surface area contributed by atoms with E-state index in [9.17, 15) is 4.79 Å². The summed E-state index contributed by atoms with van der Waals surface area (Å²) in [5.41, 5.74) is 11.0. The van der Waals surface area contributed by atoms with Crippen molar-refractivity contribution >= 4 is 11.9 Å². The highest BCUT2D eigenvalue weighted by Crippen LogP contribution is 2.12. The van der Waals surface area contributed by atoms with E-state index in [1.807, 2.05) is 0 Å². The van der Waals surface area contributed by atoms with Crippen LogP contribution in [0, 0.1) is 5.41 Å². The Balaban J connectivity index is 3.81. The average Bonchev–Trinajstić information content (AvgIpc) is 2.13. The van der Waals surface area contributed by atoms with E-state index < -0.39 is 12.0 Å². The lowest BCUT2D eigenvalue weighted by atomic mass is 9.97. The minimum atomic E-state index is -1.01. The zero-order chi connectivity index (χ0) is 12.8. The molecule has 1 atom stereocenters. The summed E-state index contributed by atoms with van der Waals surface area (Å²) in [5, 5.41) is 11.4. The molecular formula is C10H22N4O2. The summed E-state index contributed by atoms with van der Waals surface area (Å²) >= 11 is 0. The van der Waals surface area contributed by atoms with Crippen molar-refractivity contribution in [1.29, 1.82) is 0 Å². The van der Waals surface area contributed by atoms with Crippen LogP contribution in [0.25, 0.3) is 0 Å². The molecule has 0 aliphatic carbocycles. The van der Waals surface area contributed by atoms with Crippen molar-refractivity contribution in [3.8, 4) is 0 Å². The summed E-state index contributed by atoms with van der Waals surface area (Å²) in [5.74, 6) is -0.681. The van der Waals surface area contributed by atoms with Crippen molar-refractivity contribution in [1.82, 2.24) is 5.32 Å². The van der Waals surface area contributed by atoms with Crippen molar-refractivity contribution < 1.29 is 9.90 Å². The Labute approximate surface area is 96.1 Å². The van der Waals surface area contributed by atoms with E-state index in [1.54, 1.807) is 0 Å². The summed E-state index contributed by atoms with van der Waals surface area (Å²) in [4.78, 5) is 14.6. The third kappa shape index (κ3) is 8.05. The maximum absolute atomic E-state index is 10.4. The SMILES string of the molecule is CC(C)(C)CN=C(N)NCC[C@H](N)C(=O)O.